The maximum absolute atomic E-state index is 4.35. The van der Waals surface area contributed by atoms with Crippen molar-refractivity contribution in [3.05, 3.63) is 76.5 Å². The molecule has 0 aliphatic heterocycles. The van der Waals surface area contributed by atoms with E-state index in [4.69, 9.17) is 0 Å². The van der Waals surface area contributed by atoms with Gasteiger partial charge in [-0.1, -0.05) is 0 Å². The zero-order chi connectivity index (χ0) is 13.8. The fourth-order valence-electron chi connectivity index (χ4n) is 2.00. The Morgan fingerprint density at radius 2 is 1.30 bits per heavy atom. The molecule has 0 aliphatic carbocycles. The Balaban J connectivity index is 1.81. The van der Waals surface area contributed by atoms with Crippen molar-refractivity contribution in [3.8, 4) is 0 Å². The van der Waals surface area contributed by atoms with Gasteiger partial charge in [0.15, 0.2) is 0 Å². The summed E-state index contributed by atoms with van der Waals surface area (Å²) in [5.74, 6) is 0. The molecule has 20 heavy (non-hydrogen) atoms. The molecule has 4 nitrogen and oxygen atoms in total. The number of aromatic nitrogens is 4. The Kier molecular flexibility index (Phi) is 4.01. The van der Waals surface area contributed by atoms with E-state index < -0.39 is 0 Å². The molecule has 0 bridgehead atoms. The van der Waals surface area contributed by atoms with Crippen LogP contribution in [0.5, 0.6) is 0 Å². The molecular formula is C15H14N4Pd. The Labute approximate surface area is 127 Å². The standard InChI is InChI=1S/C15H14N4.Pd/c1-3-7-16-14(5-1)11-18-9-10-19(13-18)12-15-6-2-4-8-17-15;/h1-10H,11-12H2;. The van der Waals surface area contributed by atoms with Gasteiger partial charge in [-0.3, -0.25) is 0 Å². The molecule has 0 amide bonds. The molecule has 104 valence electrons. The summed E-state index contributed by atoms with van der Waals surface area (Å²) >= 11 is 3.33. The van der Waals surface area contributed by atoms with E-state index in [-0.39, 0.29) is 0 Å². The summed E-state index contributed by atoms with van der Waals surface area (Å²) < 4.78 is 5.31. The molecule has 0 radical (unpaired) electrons. The second-order valence-corrected chi connectivity index (χ2v) is 5.13. The summed E-state index contributed by atoms with van der Waals surface area (Å²) in [6, 6.07) is 11.9. The molecule has 0 spiro atoms. The second-order valence-electron chi connectivity index (χ2n) is 4.44. The molecule has 0 fully saturated rings. The Morgan fingerprint density at radius 3 is 1.70 bits per heavy atom. The summed E-state index contributed by atoms with van der Waals surface area (Å²) in [5, 5.41) is 0. The predicted molar refractivity (Wildman–Crippen MR) is 72.3 cm³/mol. The van der Waals surface area contributed by atoms with Gasteiger partial charge in [-0.15, -0.1) is 0 Å². The zero-order valence-corrected chi connectivity index (χ0v) is 12.3. The molecule has 3 heterocycles. The summed E-state index contributed by atoms with van der Waals surface area (Å²) in [6.07, 6.45) is 7.74. The van der Waals surface area contributed by atoms with Gasteiger partial charge in [0, 0.05) is 0 Å². The summed E-state index contributed by atoms with van der Waals surface area (Å²) in [7, 11) is 0. The predicted octanol–water partition coefficient (Wildman–Crippen LogP) is 2.25. The van der Waals surface area contributed by atoms with E-state index in [9.17, 15) is 0 Å². The number of hydrogen-bond donors (Lipinski definition) is 0. The number of pyridine rings is 2. The molecule has 0 saturated carbocycles. The van der Waals surface area contributed by atoms with Gasteiger partial charge in [0.1, 0.15) is 0 Å². The number of hydrogen-bond acceptors (Lipinski definition) is 2. The maximum atomic E-state index is 4.35. The van der Waals surface area contributed by atoms with Crippen molar-refractivity contribution < 1.29 is 18.7 Å². The number of rotatable bonds is 4. The van der Waals surface area contributed by atoms with Crippen molar-refractivity contribution >= 4 is 0 Å². The molecule has 0 atom stereocenters. The van der Waals surface area contributed by atoms with Gasteiger partial charge in [-0.05, 0) is 0 Å². The molecule has 0 saturated heterocycles. The van der Waals surface area contributed by atoms with Crippen molar-refractivity contribution in [2.75, 3.05) is 0 Å². The molecule has 0 aromatic carbocycles. The van der Waals surface area contributed by atoms with Gasteiger partial charge in [0.25, 0.3) is 0 Å². The van der Waals surface area contributed by atoms with Gasteiger partial charge in [0.2, 0.25) is 0 Å². The van der Waals surface area contributed by atoms with Gasteiger partial charge in [-0.2, -0.15) is 0 Å². The molecule has 0 N–H and O–H groups in total. The Bertz CT molecular complexity index is 669. The van der Waals surface area contributed by atoms with Crippen LogP contribution in [0.15, 0.2) is 61.2 Å². The van der Waals surface area contributed by atoms with Crippen LogP contribution in [0.4, 0.5) is 0 Å². The fraction of sp³-hybridized carbons (Fsp3) is 0.133. The average Bonchev–Trinajstić information content (AvgIpc) is 2.83. The SMILES string of the molecule is [Pd]=[c]1n(Cc2ccccn2)ccn1Cc1ccccn1. The van der Waals surface area contributed by atoms with Crippen molar-refractivity contribution in [1.29, 1.82) is 0 Å². The normalized spacial score (nSPS) is 10.7. The molecule has 0 aliphatic rings. The summed E-state index contributed by atoms with van der Waals surface area (Å²) in [4.78, 5) is 8.70. The molecule has 3 aromatic rings. The van der Waals surface area contributed by atoms with Crippen molar-refractivity contribution in [2.24, 2.45) is 0 Å². The first kappa shape index (κ1) is 13.2. The van der Waals surface area contributed by atoms with E-state index in [0.29, 0.717) is 0 Å². The molecule has 3 aromatic heterocycles. The van der Waals surface area contributed by atoms with E-state index in [2.05, 4.69) is 50.2 Å². The Hall–Kier alpha value is -1.83. The minimum absolute atomic E-state index is 0.756. The van der Waals surface area contributed by atoms with Crippen LogP contribution in [0.1, 0.15) is 11.4 Å². The van der Waals surface area contributed by atoms with Crippen molar-refractivity contribution in [2.45, 2.75) is 13.1 Å². The van der Waals surface area contributed by atoms with Crippen LogP contribution >= 0.6 is 0 Å². The minimum atomic E-state index is 0.756. The summed E-state index contributed by atoms with van der Waals surface area (Å²) in [6.45, 7) is 1.51. The fourth-order valence-corrected chi connectivity index (χ4v) is 2.48. The third kappa shape index (κ3) is 3.01. The van der Waals surface area contributed by atoms with Crippen LogP contribution < -0.4 is 0 Å². The van der Waals surface area contributed by atoms with Crippen molar-refractivity contribution in [1.82, 2.24) is 19.1 Å². The van der Waals surface area contributed by atoms with Crippen LogP contribution in [0, 0.1) is 3.89 Å². The van der Waals surface area contributed by atoms with Gasteiger partial charge >= 0.3 is 127 Å². The first-order chi connectivity index (χ1) is 9.83. The molecular weight excluding hydrogens is 343 g/mol. The van der Waals surface area contributed by atoms with Crippen molar-refractivity contribution in [3.63, 3.8) is 0 Å². The van der Waals surface area contributed by atoms with E-state index >= 15 is 0 Å². The van der Waals surface area contributed by atoms with Crippen LogP contribution in [-0.2, 0) is 31.8 Å². The Morgan fingerprint density at radius 1 is 0.800 bits per heavy atom. The van der Waals surface area contributed by atoms with Gasteiger partial charge < -0.3 is 0 Å². The van der Waals surface area contributed by atoms with E-state index in [1.54, 1.807) is 0 Å². The molecule has 5 heteroatoms. The van der Waals surface area contributed by atoms with Crippen LogP contribution in [-0.4, -0.2) is 19.1 Å². The third-order valence-corrected chi connectivity index (χ3v) is 3.88. The topological polar surface area (TPSA) is 35.6 Å². The van der Waals surface area contributed by atoms with Gasteiger partial charge in [0.05, 0.1) is 0 Å². The number of nitrogens with zero attached hydrogens (tertiary/aromatic N) is 4. The quantitative estimate of drug-likeness (QED) is 0.672. The monoisotopic (exact) mass is 356 g/mol. The number of imidazole rings is 1. The van der Waals surface area contributed by atoms with Gasteiger partial charge in [-0.25, -0.2) is 0 Å². The summed E-state index contributed by atoms with van der Waals surface area (Å²) in [5.41, 5.74) is 2.08. The van der Waals surface area contributed by atoms with Crippen LogP contribution in [0.2, 0.25) is 0 Å². The molecule has 3 rings (SSSR count). The van der Waals surface area contributed by atoms with E-state index in [1.165, 1.54) is 0 Å². The zero-order valence-electron chi connectivity index (χ0n) is 10.8. The van der Waals surface area contributed by atoms with Crippen LogP contribution in [0.25, 0.3) is 0 Å². The average molecular weight is 357 g/mol. The van der Waals surface area contributed by atoms with E-state index in [0.717, 1.165) is 28.4 Å². The third-order valence-electron chi connectivity index (χ3n) is 2.98. The first-order valence-corrected chi connectivity index (χ1v) is 7.11. The van der Waals surface area contributed by atoms with E-state index in [1.807, 2.05) is 48.8 Å². The molecule has 0 unspecified atom stereocenters. The van der Waals surface area contributed by atoms with Crippen LogP contribution in [0.3, 0.4) is 0 Å². The second kappa shape index (κ2) is 6.08. The first-order valence-electron chi connectivity index (χ1n) is 6.34.